The average Bonchev–Trinajstić information content (AvgIpc) is 2.58. The molecule has 2 rings (SSSR count). The quantitative estimate of drug-likeness (QED) is 0.626. The van der Waals surface area contributed by atoms with Crippen LogP contribution >= 0.6 is 11.8 Å². The SMILES string of the molecule is NC1(CNC(=O)[C@@H]2CSC(=O)N2)CCC1. The monoisotopic (exact) mass is 229 g/mol. The number of carbonyl (C=O) groups excluding carboxylic acids is 2. The fourth-order valence-corrected chi connectivity index (χ4v) is 2.50. The van der Waals surface area contributed by atoms with E-state index in [-0.39, 0.29) is 22.7 Å². The van der Waals surface area contributed by atoms with Gasteiger partial charge in [-0.25, -0.2) is 0 Å². The van der Waals surface area contributed by atoms with Crippen LogP contribution in [0.2, 0.25) is 0 Å². The zero-order chi connectivity index (χ0) is 10.9. The van der Waals surface area contributed by atoms with Gasteiger partial charge in [0.25, 0.3) is 5.24 Å². The van der Waals surface area contributed by atoms with Gasteiger partial charge in [-0.15, -0.1) is 0 Å². The fourth-order valence-electron chi connectivity index (χ4n) is 1.72. The molecule has 15 heavy (non-hydrogen) atoms. The lowest BCUT2D eigenvalue weighted by atomic mass is 9.78. The second-order valence-corrected chi connectivity index (χ2v) is 5.22. The van der Waals surface area contributed by atoms with E-state index in [1.165, 1.54) is 0 Å². The summed E-state index contributed by atoms with van der Waals surface area (Å²) >= 11 is 1.14. The molecule has 5 nitrogen and oxygen atoms in total. The van der Waals surface area contributed by atoms with Gasteiger partial charge in [0.1, 0.15) is 6.04 Å². The topological polar surface area (TPSA) is 84.2 Å². The Morgan fingerprint density at radius 3 is 2.87 bits per heavy atom. The molecule has 84 valence electrons. The third-order valence-corrected chi connectivity index (χ3v) is 3.83. The van der Waals surface area contributed by atoms with Crippen molar-refractivity contribution in [2.45, 2.75) is 30.8 Å². The largest absolute Gasteiger partial charge is 0.352 e. The number of nitrogens with one attached hydrogen (secondary N) is 2. The maximum Gasteiger partial charge on any atom is 0.279 e. The van der Waals surface area contributed by atoms with Gasteiger partial charge in [0.05, 0.1) is 0 Å². The maximum atomic E-state index is 11.6. The molecule has 0 aromatic carbocycles. The van der Waals surface area contributed by atoms with Gasteiger partial charge < -0.3 is 16.4 Å². The number of carbonyl (C=O) groups is 2. The average molecular weight is 229 g/mol. The molecule has 1 saturated carbocycles. The van der Waals surface area contributed by atoms with Crippen molar-refractivity contribution in [2.75, 3.05) is 12.3 Å². The van der Waals surface area contributed by atoms with Gasteiger partial charge in [-0.3, -0.25) is 9.59 Å². The molecular weight excluding hydrogens is 214 g/mol. The first-order chi connectivity index (χ1) is 7.09. The summed E-state index contributed by atoms with van der Waals surface area (Å²) in [6, 6.07) is -0.383. The molecule has 2 aliphatic rings. The molecule has 1 aliphatic heterocycles. The molecule has 0 unspecified atom stereocenters. The van der Waals surface area contributed by atoms with Crippen molar-refractivity contribution in [2.24, 2.45) is 5.73 Å². The number of nitrogens with two attached hydrogens (primary N) is 1. The molecule has 2 amide bonds. The smallest absolute Gasteiger partial charge is 0.279 e. The summed E-state index contributed by atoms with van der Waals surface area (Å²) in [5.74, 6) is 0.396. The van der Waals surface area contributed by atoms with Crippen molar-refractivity contribution < 1.29 is 9.59 Å². The Hall–Kier alpha value is -0.750. The highest BCUT2D eigenvalue weighted by atomic mass is 32.2. The zero-order valence-electron chi connectivity index (χ0n) is 8.41. The van der Waals surface area contributed by atoms with E-state index in [9.17, 15) is 9.59 Å². The van der Waals surface area contributed by atoms with E-state index in [4.69, 9.17) is 5.73 Å². The number of amides is 2. The van der Waals surface area contributed by atoms with Crippen LogP contribution in [0.4, 0.5) is 4.79 Å². The second-order valence-electron chi connectivity index (χ2n) is 4.23. The van der Waals surface area contributed by atoms with Crippen molar-refractivity contribution in [1.29, 1.82) is 0 Å². The lowest BCUT2D eigenvalue weighted by Crippen LogP contribution is -2.57. The lowest BCUT2D eigenvalue weighted by Gasteiger charge is -2.38. The number of hydrogen-bond acceptors (Lipinski definition) is 4. The van der Waals surface area contributed by atoms with Crippen LogP contribution in [0.1, 0.15) is 19.3 Å². The third-order valence-electron chi connectivity index (χ3n) is 2.95. The number of rotatable bonds is 3. The molecule has 6 heteroatoms. The predicted octanol–water partition coefficient (Wildman–Crippen LogP) is -0.191. The first-order valence-electron chi connectivity index (χ1n) is 5.09. The van der Waals surface area contributed by atoms with Crippen molar-refractivity contribution >= 4 is 22.9 Å². The van der Waals surface area contributed by atoms with Crippen molar-refractivity contribution in [3.05, 3.63) is 0 Å². The van der Waals surface area contributed by atoms with E-state index in [1.807, 2.05) is 0 Å². The van der Waals surface area contributed by atoms with Crippen LogP contribution in [0.5, 0.6) is 0 Å². The highest BCUT2D eigenvalue weighted by Crippen LogP contribution is 2.28. The third kappa shape index (κ3) is 2.43. The van der Waals surface area contributed by atoms with Crippen LogP contribution in [0.25, 0.3) is 0 Å². The van der Waals surface area contributed by atoms with E-state index < -0.39 is 0 Å². The molecule has 1 aliphatic carbocycles. The van der Waals surface area contributed by atoms with Gasteiger partial charge in [0, 0.05) is 17.8 Å². The first kappa shape index (κ1) is 10.8. The summed E-state index contributed by atoms with van der Waals surface area (Å²) in [6.07, 6.45) is 3.08. The molecule has 0 spiro atoms. The molecule has 0 radical (unpaired) electrons. The van der Waals surface area contributed by atoms with Gasteiger partial charge in [-0.1, -0.05) is 11.8 Å². The van der Waals surface area contributed by atoms with Crippen LogP contribution in [0, 0.1) is 0 Å². The summed E-state index contributed by atoms with van der Waals surface area (Å²) in [5, 5.41) is 5.27. The van der Waals surface area contributed by atoms with Gasteiger partial charge >= 0.3 is 0 Å². The van der Waals surface area contributed by atoms with Crippen LogP contribution in [0.15, 0.2) is 0 Å². The molecule has 0 bridgehead atoms. The Bertz CT molecular complexity index is 291. The molecule has 2 fully saturated rings. The van der Waals surface area contributed by atoms with E-state index >= 15 is 0 Å². The Kier molecular flexibility index (Phi) is 2.88. The Balaban J connectivity index is 1.75. The molecular formula is C9H15N3O2S. The summed E-state index contributed by atoms with van der Waals surface area (Å²) in [4.78, 5) is 22.5. The minimum absolute atomic E-state index is 0.120. The van der Waals surface area contributed by atoms with Gasteiger partial charge in [-0.05, 0) is 19.3 Å². The van der Waals surface area contributed by atoms with Crippen LogP contribution in [0.3, 0.4) is 0 Å². The maximum absolute atomic E-state index is 11.6. The highest BCUT2D eigenvalue weighted by molar-refractivity contribution is 8.14. The molecule has 4 N–H and O–H groups in total. The van der Waals surface area contributed by atoms with Gasteiger partial charge in [0.2, 0.25) is 5.91 Å². The Labute approximate surface area is 92.5 Å². The Morgan fingerprint density at radius 1 is 1.67 bits per heavy atom. The number of thioether (sulfide) groups is 1. The van der Waals surface area contributed by atoms with E-state index in [2.05, 4.69) is 10.6 Å². The van der Waals surface area contributed by atoms with Gasteiger partial charge in [0.15, 0.2) is 0 Å². The zero-order valence-corrected chi connectivity index (χ0v) is 9.23. The van der Waals surface area contributed by atoms with Crippen molar-refractivity contribution in [3.63, 3.8) is 0 Å². The minimum Gasteiger partial charge on any atom is -0.352 e. The molecule has 0 aromatic heterocycles. The molecule has 1 heterocycles. The molecule has 0 aromatic rings. The normalized spacial score (nSPS) is 28.1. The van der Waals surface area contributed by atoms with E-state index in [1.54, 1.807) is 0 Å². The summed E-state index contributed by atoms with van der Waals surface area (Å²) < 4.78 is 0. The van der Waals surface area contributed by atoms with Crippen LogP contribution in [-0.2, 0) is 4.79 Å². The Morgan fingerprint density at radius 2 is 2.40 bits per heavy atom. The minimum atomic E-state index is -0.383. The predicted molar refractivity (Wildman–Crippen MR) is 58.6 cm³/mol. The lowest BCUT2D eigenvalue weighted by molar-refractivity contribution is -0.122. The van der Waals surface area contributed by atoms with Gasteiger partial charge in [-0.2, -0.15) is 0 Å². The summed E-state index contributed by atoms with van der Waals surface area (Å²) in [6.45, 7) is 0.517. The second kappa shape index (κ2) is 4.02. The van der Waals surface area contributed by atoms with Crippen molar-refractivity contribution in [3.8, 4) is 0 Å². The fraction of sp³-hybridized carbons (Fsp3) is 0.778. The standard InChI is InChI=1S/C9H15N3O2S/c10-9(2-1-3-9)5-11-7(13)6-4-15-8(14)12-6/h6H,1-5,10H2,(H,11,13)(H,12,14)/t6-/m0/s1. The molecule has 1 atom stereocenters. The van der Waals surface area contributed by atoms with E-state index in [0.717, 1.165) is 31.0 Å². The van der Waals surface area contributed by atoms with Crippen LogP contribution < -0.4 is 16.4 Å². The van der Waals surface area contributed by atoms with E-state index in [0.29, 0.717) is 12.3 Å². The highest BCUT2D eigenvalue weighted by Gasteiger charge is 2.34. The summed E-state index contributed by atoms with van der Waals surface area (Å²) in [7, 11) is 0. The first-order valence-corrected chi connectivity index (χ1v) is 6.08. The van der Waals surface area contributed by atoms with Crippen LogP contribution in [-0.4, -0.2) is 35.0 Å². The molecule has 1 saturated heterocycles. The van der Waals surface area contributed by atoms with Crippen molar-refractivity contribution in [1.82, 2.24) is 10.6 Å². The summed E-state index contributed by atoms with van der Waals surface area (Å²) in [5.41, 5.74) is 5.77. The number of hydrogen-bond donors (Lipinski definition) is 3.